The third-order valence-corrected chi connectivity index (χ3v) is 10.3. The molecule has 4 fully saturated rings. The summed E-state index contributed by atoms with van der Waals surface area (Å²) >= 11 is 0. The number of fused-ring (bicyclic) bond motifs is 3. The van der Waals surface area contributed by atoms with E-state index in [0.29, 0.717) is 46.9 Å². The van der Waals surface area contributed by atoms with Crippen molar-refractivity contribution in [1.29, 1.82) is 0 Å². The summed E-state index contributed by atoms with van der Waals surface area (Å²) in [7, 11) is 1.48. The van der Waals surface area contributed by atoms with E-state index in [-0.39, 0.29) is 37.2 Å². The smallest absolute Gasteiger partial charge is 0.290 e. The van der Waals surface area contributed by atoms with Crippen molar-refractivity contribution in [3.05, 3.63) is 34.9 Å². The molecule has 0 aromatic heterocycles. The number of ether oxygens (including phenoxy) is 2. The molecular formula is C32H42N2O8. The summed E-state index contributed by atoms with van der Waals surface area (Å²) < 4.78 is 11.9. The Kier molecular flexibility index (Phi) is 7.82. The van der Waals surface area contributed by atoms with Crippen LogP contribution in [-0.4, -0.2) is 82.9 Å². The Bertz CT molecular complexity index is 1260. The van der Waals surface area contributed by atoms with Gasteiger partial charge in [-0.25, -0.2) is 0 Å². The molecule has 4 atom stereocenters. The number of aliphatic hydroxyl groups excluding tert-OH is 3. The van der Waals surface area contributed by atoms with Crippen molar-refractivity contribution in [3.63, 3.8) is 0 Å². The second-order valence-electron chi connectivity index (χ2n) is 13.1. The van der Waals surface area contributed by atoms with E-state index < -0.39 is 41.8 Å². The fraction of sp³-hybridized carbons (Fsp3) is 0.656. The maximum atomic E-state index is 13.8. The van der Waals surface area contributed by atoms with E-state index in [1.807, 2.05) is 0 Å². The first-order chi connectivity index (χ1) is 20.2. The number of nitrogens with one attached hydrogen (secondary N) is 1. The zero-order valence-electron chi connectivity index (χ0n) is 24.4. The molecule has 1 aromatic rings. The first kappa shape index (κ1) is 29.1. The minimum Gasteiger partial charge on any atom is -0.493 e. The lowest BCUT2D eigenvalue weighted by molar-refractivity contribution is -0.153. The highest BCUT2D eigenvalue weighted by molar-refractivity contribution is 6.36. The van der Waals surface area contributed by atoms with Crippen LogP contribution < -0.4 is 14.8 Å². The van der Waals surface area contributed by atoms with Crippen molar-refractivity contribution in [1.82, 2.24) is 10.2 Å². The molecule has 0 spiro atoms. The number of rotatable bonds is 10. The molecule has 0 saturated heterocycles. The Morgan fingerprint density at radius 2 is 1.76 bits per heavy atom. The monoisotopic (exact) mass is 582 g/mol. The lowest BCUT2D eigenvalue weighted by Gasteiger charge is -2.58. The molecular weight excluding hydrogens is 540 g/mol. The number of amides is 2. The zero-order chi connectivity index (χ0) is 29.8. The predicted octanol–water partition coefficient (Wildman–Crippen LogP) is 1.83. The molecule has 1 aliphatic heterocycles. The number of hydrogen-bond acceptors (Lipinski definition) is 8. The van der Waals surface area contributed by atoms with Crippen molar-refractivity contribution in [2.45, 2.75) is 82.6 Å². The van der Waals surface area contributed by atoms with Crippen LogP contribution in [0.3, 0.4) is 0 Å². The number of benzene rings is 1. The van der Waals surface area contributed by atoms with Gasteiger partial charge in [-0.3, -0.25) is 14.4 Å². The van der Waals surface area contributed by atoms with Gasteiger partial charge in [0.2, 0.25) is 11.7 Å². The van der Waals surface area contributed by atoms with Gasteiger partial charge >= 0.3 is 0 Å². The zero-order valence-corrected chi connectivity index (χ0v) is 24.4. The standard InChI is InChI=1S/C32H42N2O8/c1-3-24(37)31(40)34(16-32-12-17-6-18(13-32)8-19(7-17)14-32)23-11-22(30(39)33-4-5-35)26-21-9-20(15-36)10-25(41-2)28(21)42-29(26)27(23)38/h9-11,17-19,23,26-27,29,35-36,38H,3-8,12-16H2,1-2H3,(H,33,39). The van der Waals surface area contributed by atoms with Gasteiger partial charge in [-0.05, 0) is 85.5 Å². The van der Waals surface area contributed by atoms with Crippen molar-refractivity contribution < 1.29 is 39.2 Å². The summed E-state index contributed by atoms with van der Waals surface area (Å²) in [4.78, 5) is 41.8. The molecule has 10 heteroatoms. The molecule has 5 aliphatic carbocycles. The molecule has 1 heterocycles. The van der Waals surface area contributed by atoms with Crippen molar-refractivity contribution in [2.75, 3.05) is 26.8 Å². The molecule has 2 amide bonds. The van der Waals surface area contributed by atoms with Gasteiger partial charge in [-0.15, -0.1) is 0 Å². The number of Topliss-reactive ketones (excluding diaryl/α,β-unsaturated/α-hetero) is 1. The summed E-state index contributed by atoms with van der Waals surface area (Å²) in [5, 5.41) is 33.9. The Morgan fingerprint density at radius 1 is 1.10 bits per heavy atom. The number of aliphatic hydroxyl groups is 3. The van der Waals surface area contributed by atoms with E-state index in [0.717, 1.165) is 19.3 Å². The number of carbonyl (C=O) groups excluding carboxylic acids is 3. The van der Waals surface area contributed by atoms with Gasteiger partial charge < -0.3 is 35.0 Å². The topological polar surface area (TPSA) is 146 Å². The minimum atomic E-state index is -1.23. The lowest BCUT2D eigenvalue weighted by atomic mass is 9.49. The highest BCUT2D eigenvalue weighted by Gasteiger charge is 2.55. The van der Waals surface area contributed by atoms with E-state index in [4.69, 9.17) is 9.47 Å². The normalized spacial score (nSPS) is 33.7. The first-order valence-corrected chi connectivity index (χ1v) is 15.3. The summed E-state index contributed by atoms with van der Waals surface area (Å²) in [5.74, 6) is 0.303. The fourth-order valence-electron chi connectivity index (χ4n) is 9.09. The number of carbonyl (C=O) groups is 3. The Labute approximate surface area is 246 Å². The number of ketones is 1. The van der Waals surface area contributed by atoms with Gasteiger partial charge in [0.1, 0.15) is 12.2 Å². The van der Waals surface area contributed by atoms with Crippen LogP contribution in [0.2, 0.25) is 0 Å². The molecule has 0 radical (unpaired) electrons. The van der Waals surface area contributed by atoms with E-state index in [2.05, 4.69) is 5.32 Å². The maximum Gasteiger partial charge on any atom is 0.290 e. The van der Waals surface area contributed by atoms with Crippen LogP contribution in [0.15, 0.2) is 23.8 Å². The van der Waals surface area contributed by atoms with Crippen LogP contribution in [0.5, 0.6) is 11.5 Å². The van der Waals surface area contributed by atoms with Crippen molar-refractivity contribution >= 4 is 17.6 Å². The lowest BCUT2D eigenvalue weighted by Crippen LogP contribution is -2.60. The number of nitrogens with zero attached hydrogens (tertiary/aromatic N) is 1. The summed E-state index contributed by atoms with van der Waals surface area (Å²) in [5.41, 5.74) is 1.33. The maximum absolute atomic E-state index is 13.8. The third-order valence-electron chi connectivity index (χ3n) is 10.3. The van der Waals surface area contributed by atoms with Crippen LogP contribution in [0, 0.1) is 23.2 Å². The van der Waals surface area contributed by atoms with Crippen LogP contribution >= 0.6 is 0 Å². The molecule has 4 bridgehead atoms. The molecule has 7 rings (SSSR count). The van der Waals surface area contributed by atoms with Gasteiger partial charge in [0.05, 0.1) is 32.3 Å². The molecule has 228 valence electrons. The van der Waals surface area contributed by atoms with Crippen LogP contribution in [0.25, 0.3) is 0 Å². The summed E-state index contributed by atoms with van der Waals surface area (Å²) in [6, 6.07) is 2.43. The van der Waals surface area contributed by atoms with Crippen LogP contribution in [0.1, 0.15) is 68.9 Å². The second kappa shape index (κ2) is 11.3. The van der Waals surface area contributed by atoms with Crippen LogP contribution in [-0.2, 0) is 21.0 Å². The largest absolute Gasteiger partial charge is 0.493 e. The van der Waals surface area contributed by atoms with Gasteiger partial charge in [0.15, 0.2) is 11.5 Å². The Hall–Kier alpha value is -2.95. The summed E-state index contributed by atoms with van der Waals surface area (Å²) in [6.45, 7) is 1.53. The minimum absolute atomic E-state index is 0.0265. The molecule has 42 heavy (non-hydrogen) atoms. The average Bonchev–Trinajstić information content (AvgIpc) is 3.37. The molecule has 4 N–H and O–H groups in total. The third kappa shape index (κ3) is 4.91. The van der Waals surface area contributed by atoms with E-state index in [1.54, 1.807) is 25.1 Å². The average molecular weight is 583 g/mol. The van der Waals surface area contributed by atoms with E-state index in [9.17, 15) is 29.7 Å². The molecule has 4 saturated carbocycles. The highest BCUT2D eigenvalue weighted by atomic mass is 16.5. The van der Waals surface area contributed by atoms with Crippen LogP contribution in [0.4, 0.5) is 0 Å². The SMILES string of the molecule is CCC(=O)C(=O)N(CC12CC3CC(CC(C3)C1)C2)C1C=C(C(=O)NCCO)C2c3cc(CO)cc(OC)c3OC2C1O. The van der Waals surface area contributed by atoms with Gasteiger partial charge in [-0.1, -0.05) is 6.92 Å². The Balaban J connectivity index is 1.42. The quantitative estimate of drug-likeness (QED) is 0.306. The highest BCUT2D eigenvalue weighted by Crippen LogP contribution is 2.60. The fourth-order valence-corrected chi connectivity index (χ4v) is 9.09. The molecule has 4 unspecified atom stereocenters. The van der Waals surface area contributed by atoms with Gasteiger partial charge in [-0.2, -0.15) is 0 Å². The van der Waals surface area contributed by atoms with E-state index in [1.165, 1.54) is 31.3 Å². The molecule has 6 aliphatic rings. The second-order valence-corrected chi connectivity index (χ2v) is 13.1. The van der Waals surface area contributed by atoms with Crippen molar-refractivity contribution in [2.24, 2.45) is 23.2 Å². The molecule has 10 nitrogen and oxygen atoms in total. The number of hydrogen-bond donors (Lipinski definition) is 4. The molecule has 1 aromatic carbocycles. The van der Waals surface area contributed by atoms with E-state index >= 15 is 0 Å². The number of methoxy groups -OCH3 is 1. The van der Waals surface area contributed by atoms with Gasteiger partial charge in [0, 0.05) is 30.6 Å². The first-order valence-electron chi connectivity index (χ1n) is 15.3. The predicted molar refractivity (Wildman–Crippen MR) is 152 cm³/mol. The van der Waals surface area contributed by atoms with Crippen molar-refractivity contribution in [3.8, 4) is 11.5 Å². The summed E-state index contributed by atoms with van der Waals surface area (Å²) in [6.07, 6.45) is 6.22. The Morgan fingerprint density at radius 3 is 2.33 bits per heavy atom. The van der Waals surface area contributed by atoms with Gasteiger partial charge in [0.25, 0.3) is 5.91 Å².